The van der Waals surface area contributed by atoms with E-state index in [1.165, 1.54) is 0 Å². The molecule has 1 aliphatic carbocycles. The largest absolute Gasteiger partial charge is 0.447 e. The number of ether oxygens (including phenoxy) is 1. The maximum atomic E-state index is 12.0. The number of rotatable bonds is 3. The van der Waals surface area contributed by atoms with Gasteiger partial charge in [0.1, 0.15) is 6.61 Å². The predicted molar refractivity (Wildman–Crippen MR) is 84.3 cm³/mol. The number of carbonyl (C=O) groups is 1. The molecular formula is C17H20N2O2. The number of hydrogen-bond donors (Lipinski definition) is 2. The van der Waals surface area contributed by atoms with Gasteiger partial charge in [-0.15, -0.1) is 0 Å². The molecule has 0 unspecified atom stereocenters. The summed E-state index contributed by atoms with van der Waals surface area (Å²) in [4.78, 5) is 12.0. The summed E-state index contributed by atoms with van der Waals surface area (Å²) in [6.45, 7) is 0.281. The number of nitrogens with one attached hydrogen (secondary N) is 1. The van der Waals surface area contributed by atoms with Crippen molar-refractivity contribution in [2.24, 2.45) is 5.73 Å². The van der Waals surface area contributed by atoms with Crippen LogP contribution >= 0.6 is 0 Å². The van der Waals surface area contributed by atoms with Crippen LogP contribution in [0.3, 0.4) is 0 Å². The van der Waals surface area contributed by atoms with Gasteiger partial charge in [0.2, 0.25) is 0 Å². The summed E-state index contributed by atoms with van der Waals surface area (Å²) in [7, 11) is 0. The molecule has 0 bridgehead atoms. The van der Waals surface area contributed by atoms with Gasteiger partial charge in [-0.3, -0.25) is 5.32 Å². The number of benzene rings is 2. The third-order valence-electron chi connectivity index (χ3n) is 4.12. The molecule has 0 atom stereocenters. The van der Waals surface area contributed by atoms with Crippen LogP contribution in [0.1, 0.15) is 25.7 Å². The summed E-state index contributed by atoms with van der Waals surface area (Å²) in [6.07, 6.45) is 3.64. The average Bonchev–Trinajstić information content (AvgIpc) is 2.93. The van der Waals surface area contributed by atoms with E-state index >= 15 is 0 Å². The molecule has 2 aromatic carbocycles. The Bertz CT molecular complexity index is 643. The maximum Gasteiger partial charge on any atom is 0.411 e. The Kier molecular flexibility index (Phi) is 3.80. The van der Waals surface area contributed by atoms with Crippen molar-refractivity contribution in [1.29, 1.82) is 0 Å². The first-order valence-corrected chi connectivity index (χ1v) is 7.37. The molecule has 110 valence electrons. The summed E-state index contributed by atoms with van der Waals surface area (Å²) in [5, 5.41) is 4.89. The lowest BCUT2D eigenvalue weighted by Crippen LogP contribution is -2.42. The number of nitrogens with two attached hydrogens (primary N) is 1. The molecular weight excluding hydrogens is 264 g/mol. The van der Waals surface area contributed by atoms with Crippen molar-refractivity contribution in [3.63, 3.8) is 0 Å². The number of amides is 1. The molecule has 0 spiro atoms. The summed E-state index contributed by atoms with van der Waals surface area (Å²) in [6, 6.07) is 13.7. The summed E-state index contributed by atoms with van der Waals surface area (Å²) >= 11 is 0. The van der Waals surface area contributed by atoms with E-state index in [-0.39, 0.29) is 12.1 Å². The lowest BCUT2D eigenvalue weighted by molar-refractivity contribution is 0.130. The first kappa shape index (κ1) is 13.9. The van der Waals surface area contributed by atoms with Crippen LogP contribution in [0.15, 0.2) is 42.5 Å². The van der Waals surface area contributed by atoms with Crippen molar-refractivity contribution in [3.05, 3.63) is 42.5 Å². The Hall–Kier alpha value is -2.07. The number of fused-ring (bicyclic) bond motifs is 1. The van der Waals surface area contributed by atoms with E-state index in [1.54, 1.807) is 0 Å². The molecule has 4 heteroatoms. The molecule has 0 aliphatic heterocycles. The fourth-order valence-electron chi connectivity index (χ4n) is 2.91. The third kappa shape index (κ3) is 3.16. The number of carbonyl (C=O) groups excluding carboxylic acids is 1. The number of anilines is 1. The molecule has 0 radical (unpaired) electrons. The quantitative estimate of drug-likeness (QED) is 0.904. The molecule has 21 heavy (non-hydrogen) atoms. The second-order valence-corrected chi connectivity index (χ2v) is 5.80. The molecule has 0 heterocycles. The van der Waals surface area contributed by atoms with Crippen molar-refractivity contribution in [2.45, 2.75) is 31.2 Å². The van der Waals surface area contributed by atoms with E-state index < -0.39 is 6.09 Å². The monoisotopic (exact) mass is 284 g/mol. The van der Waals surface area contributed by atoms with E-state index in [1.807, 2.05) is 42.5 Å². The number of hydrogen-bond acceptors (Lipinski definition) is 3. The second kappa shape index (κ2) is 5.74. The third-order valence-corrected chi connectivity index (χ3v) is 4.12. The van der Waals surface area contributed by atoms with Crippen LogP contribution in [-0.2, 0) is 4.74 Å². The summed E-state index contributed by atoms with van der Waals surface area (Å²) in [5.74, 6) is 0. The topological polar surface area (TPSA) is 64.3 Å². The summed E-state index contributed by atoms with van der Waals surface area (Å²) < 4.78 is 5.31. The zero-order chi connectivity index (χ0) is 14.7. The van der Waals surface area contributed by atoms with Crippen molar-refractivity contribution < 1.29 is 9.53 Å². The van der Waals surface area contributed by atoms with Crippen LogP contribution in [-0.4, -0.2) is 18.2 Å². The Morgan fingerprint density at radius 1 is 1.14 bits per heavy atom. The molecule has 0 saturated heterocycles. The minimum absolute atomic E-state index is 0.281. The fraction of sp³-hybridized carbons (Fsp3) is 0.353. The smallest absolute Gasteiger partial charge is 0.411 e. The van der Waals surface area contributed by atoms with Crippen LogP contribution < -0.4 is 11.1 Å². The van der Waals surface area contributed by atoms with Gasteiger partial charge >= 0.3 is 6.09 Å². The Morgan fingerprint density at radius 3 is 2.67 bits per heavy atom. The first-order chi connectivity index (χ1) is 10.2. The zero-order valence-corrected chi connectivity index (χ0v) is 12.0. The maximum absolute atomic E-state index is 12.0. The van der Waals surface area contributed by atoms with E-state index in [9.17, 15) is 4.79 Å². The highest BCUT2D eigenvalue weighted by Crippen LogP contribution is 2.27. The van der Waals surface area contributed by atoms with Gasteiger partial charge in [-0.1, -0.05) is 49.2 Å². The highest BCUT2D eigenvalue weighted by molar-refractivity contribution is 6.00. The van der Waals surface area contributed by atoms with Crippen molar-refractivity contribution in [3.8, 4) is 0 Å². The molecule has 1 aliphatic rings. The van der Waals surface area contributed by atoms with Crippen molar-refractivity contribution in [2.75, 3.05) is 11.9 Å². The van der Waals surface area contributed by atoms with Gasteiger partial charge in [0.25, 0.3) is 0 Å². The van der Waals surface area contributed by atoms with Gasteiger partial charge in [-0.2, -0.15) is 0 Å². The second-order valence-electron chi connectivity index (χ2n) is 5.80. The lowest BCUT2D eigenvalue weighted by Gasteiger charge is -2.22. The van der Waals surface area contributed by atoms with Gasteiger partial charge < -0.3 is 10.5 Å². The fourth-order valence-corrected chi connectivity index (χ4v) is 2.91. The Balaban J connectivity index is 1.66. The van der Waals surface area contributed by atoms with Crippen LogP contribution in [0.2, 0.25) is 0 Å². The molecule has 1 amide bonds. The predicted octanol–water partition coefficient (Wildman–Crippen LogP) is 3.66. The van der Waals surface area contributed by atoms with Gasteiger partial charge in [0, 0.05) is 5.39 Å². The molecule has 3 N–H and O–H groups in total. The van der Waals surface area contributed by atoms with Crippen LogP contribution in [0.25, 0.3) is 10.8 Å². The van der Waals surface area contributed by atoms with Gasteiger partial charge in [0.15, 0.2) is 0 Å². The van der Waals surface area contributed by atoms with Crippen molar-refractivity contribution >= 4 is 22.6 Å². The van der Waals surface area contributed by atoms with Gasteiger partial charge in [0.05, 0.1) is 11.2 Å². The van der Waals surface area contributed by atoms with Crippen LogP contribution in [0, 0.1) is 0 Å². The normalized spacial score (nSPS) is 16.8. The van der Waals surface area contributed by atoms with E-state index in [0.717, 1.165) is 42.1 Å². The molecule has 0 aromatic heterocycles. The zero-order valence-electron chi connectivity index (χ0n) is 12.0. The van der Waals surface area contributed by atoms with Crippen LogP contribution in [0.4, 0.5) is 10.5 Å². The highest BCUT2D eigenvalue weighted by Gasteiger charge is 2.30. The molecule has 3 rings (SSSR count). The molecule has 4 nitrogen and oxygen atoms in total. The summed E-state index contributed by atoms with van der Waals surface area (Å²) in [5.41, 5.74) is 6.61. The molecule has 1 fully saturated rings. The van der Waals surface area contributed by atoms with E-state index in [4.69, 9.17) is 10.5 Å². The SMILES string of the molecule is NC1(COC(=O)Nc2cccc3ccccc23)CCCC1. The molecule has 1 saturated carbocycles. The van der Waals surface area contributed by atoms with Crippen molar-refractivity contribution in [1.82, 2.24) is 0 Å². The minimum atomic E-state index is -0.442. The Labute approximate surface area is 124 Å². The minimum Gasteiger partial charge on any atom is -0.447 e. The van der Waals surface area contributed by atoms with Gasteiger partial charge in [-0.05, 0) is 24.3 Å². The van der Waals surface area contributed by atoms with E-state index in [2.05, 4.69) is 5.32 Å². The highest BCUT2D eigenvalue weighted by atomic mass is 16.5. The average molecular weight is 284 g/mol. The molecule has 2 aromatic rings. The first-order valence-electron chi connectivity index (χ1n) is 7.37. The Morgan fingerprint density at radius 2 is 1.86 bits per heavy atom. The van der Waals surface area contributed by atoms with Gasteiger partial charge in [-0.25, -0.2) is 4.79 Å². The van der Waals surface area contributed by atoms with E-state index in [0.29, 0.717) is 0 Å². The standard InChI is InChI=1S/C17H20N2O2/c18-17(10-3-4-11-17)12-21-16(20)19-15-9-5-7-13-6-1-2-8-14(13)15/h1-2,5-9H,3-4,10-12,18H2,(H,19,20). The van der Waals surface area contributed by atoms with Crippen LogP contribution in [0.5, 0.6) is 0 Å². The lowest BCUT2D eigenvalue weighted by atomic mass is 10.0.